The molecule has 3 aromatic rings. The van der Waals surface area contributed by atoms with Crippen LogP contribution in [0.5, 0.6) is 11.5 Å². The number of alkyl carbamates (subject to hydrolysis) is 1. The molecule has 0 bridgehead atoms. The Bertz CT molecular complexity index is 1710. The number of amides is 3. The number of ether oxygens (including phenoxy) is 3. The second-order valence-corrected chi connectivity index (χ2v) is 13.6. The van der Waals surface area contributed by atoms with Crippen LogP contribution in [0.4, 0.5) is 22.0 Å². The minimum Gasteiger partial charge on any atom is -0.495 e. The van der Waals surface area contributed by atoms with Crippen molar-refractivity contribution in [2.75, 3.05) is 75.7 Å². The molecule has 0 unspecified atom stereocenters. The molecule has 0 radical (unpaired) electrons. The zero-order chi connectivity index (χ0) is 37.3. The summed E-state index contributed by atoms with van der Waals surface area (Å²) in [6.07, 6.45) is 2.42. The average molecular weight is 743 g/mol. The van der Waals surface area contributed by atoms with Gasteiger partial charge < -0.3 is 29.7 Å². The predicted molar refractivity (Wildman–Crippen MR) is 200 cm³/mol. The first kappa shape index (κ1) is 39.2. The molecule has 1 aliphatic rings. The number of nitrogens with zero attached hydrogens (tertiary/aromatic N) is 5. The van der Waals surface area contributed by atoms with Gasteiger partial charge >= 0.3 is 6.09 Å². The molecule has 1 aromatic heterocycles. The summed E-state index contributed by atoms with van der Waals surface area (Å²) < 4.78 is 16.0. The van der Waals surface area contributed by atoms with Crippen LogP contribution >= 0.6 is 23.2 Å². The van der Waals surface area contributed by atoms with Crippen molar-refractivity contribution in [3.05, 3.63) is 76.2 Å². The Labute approximate surface area is 308 Å². The highest BCUT2D eigenvalue weighted by Gasteiger charge is 2.23. The Hall–Kier alpha value is -4.59. The summed E-state index contributed by atoms with van der Waals surface area (Å²) in [7, 11) is 4.54. The van der Waals surface area contributed by atoms with Gasteiger partial charge in [-0.1, -0.05) is 35.8 Å². The lowest BCUT2D eigenvalue weighted by atomic mass is 10.0. The third-order valence-corrected chi connectivity index (χ3v) is 8.99. The summed E-state index contributed by atoms with van der Waals surface area (Å²) in [6, 6.07) is 9.21. The van der Waals surface area contributed by atoms with Gasteiger partial charge in [-0.25, -0.2) is 14.8 Å². The standard InChI is InChI=1S/C36H45Cl2N7O6/c1-8-31(46)42-27-19-25(45-15-13-44(14-16-45)12-11-39-35(48)51-36(2,3)4)10-9-23(27)17-24-18-30(41-22-40-24)43(5)32(47)20-26-33(37)28(49-6)21-29(50-7)34(26)38/h8-10,18-19,21-22H,1,11-17,20H2,2-7H3,(H,39,48)(H,42,46). The number of aromatic nitrogens is 2. The van der Waals surface area contributed by atoms with Crippen molar-refractivity contribution in [1.82, 2.24) is 20.2 Å². The number of carbonyl (C=O) groups excluding carboxylic acids is 3. The Morgan fingerprint density at radius 3 is 2.27 bits per heavy atom. The van der Waals surface area contributed by atoms with Crippen LogP contribution in [-0.4, -0.2) is 98.9 Å². The lowest BCUT2D eigenvalue weighted by Crippen LogP contribution is -2.48. The number of hydrogen-bond donors (Lipinski definition) is 2. The smallest absolute Gasteiger partial charge is 0.407 e. The van der Waals surface area contributed by atoms with Crippen LogP contribution in [0.25, 0.3) is 0 Å². The van der Waals surface area contributed by atoms with Gasteiger partial charge in [-0.05, 0) is 44.5 Å². The molecule has 2 N–H and O–H groups in total. The molecule has 0 aliphatic carbocycles. The maximum Gasteiger partial charge on any atom is 0.407 e. The van der Waals surface area contributed by atoms with Crippen LogP contribution in [0.2, 0.25) is 10.0 Å². The minimum atomic E-state index is -0.538. The van der Waals surface area contributed by atoms with Crippen LogP contribution < -0.4 is 29.9 Å². The SMILES string of the molecule is C=CC(=O)Nc1cc(N2CCN(CCNC(=O)OC(C)(C)C)CC2)ccc1Cc1cc(N(C)C(=O)Cc2c(Cl)c(OC)cc(OC)c2Cl)ncn1. The van der Waals surface area contributed by atoms with E-state index in [9.17, 15) is 14.4 Å². The van der Waals surface area contributed by atoms with Gasteiger partial charge in [0, 0.05) is 81.8 Å². The van der Waals surface area contributed by atoms with Crippen molar-refractivity contribution in [3.8, 4) is 11.5 Å². The monoisotopic (exact) mass is 741 g/mol. The highest BCUT2D eigenvalue weighted by Crippen LogP contribution is 2.41. The third kappa shape index (κ3) is 10.7. The van der Waals surface area contributed by atoms with E-state index in [4.69, 9.17) is 37.4 Å². The van der Waals surface area contributed by atoms with Crippen molar-refractivity contribution in [2.24, 2.45) is 0 Å². The van der Waals surface area contributed by atoms with E-state index in [2.05, 4.69) is 37.0 Å². The van der Waals surface area contributed by atoms with Gasteiger partial charge in [0.15, 0.2) is 0 Å². The number of rotatable bonds is 13. The molecule has 13 nitrogen and oxygen atoms in total. The van der Waals surface area contributed by atoms with E-state index in [0.29, 0.717) is 53.8 Å². The van der Waals surface area contributed by atoms with E-state index in [1.165, 1.54) is 31.5 Å². The topological polar surface area (TPSA) is 138 Å². The molecule has 4 rings (SSSR count). The van der Waals surface area contributed by atoms with Gasteiger partial charge in [0.05, 0.1) is 36.4 Å². The Kier molecular flexibility index (Phi) is 13.5. The van der Waals surface area contributed by atoms with E-state index in [1.807, 2.05) is 39.0 Å². The summed E-state index contributed by atoms with van der Waals surface area (Å²) in [5.41, 5.74) is 2.88. The van der Waals surface area contributed by atoms with Crippen molar-refractivity contribution >= 4 is 58.3 Å². The maximum atomic E-state index is 13.4. The summed E-state index contributed by atoms with van der Waals surface area (Å²) in [5, 5.41) is 6.19. The first-order valence-corrected chi connectivity index (χ1v) is 17.1. The Morgan fingerprint density at radius 1 is 1.00 bits per heavy atom. The fourth-order valence-electron chi connectivity index (χ4n) is 5.43. The van der Waals surface area contributed by atoms with E-state index in [0.717, 1.165) is 37.4 Å². The summed E-state index contributed by atoms with van der Waals surface area (Å²) >= 11 is 13.0. The maximum absolute atomic E-state index is 13.4. The second-order valence-electron chi connectivity index (χ2n) is 12.9. The first-order chi connectivity index (χ1) is 24.2. The normalized spacial score (nSPS) is 13.3. The summed E-state index contributed by atoms with van der Waals surface area (Å²) in [6.45, 7) is 13.5. The van der Waals surface area contributed by atoms with Gasteiger partial charge in [0.2, 0.25) is 11.8 Å². The molecule has 1 fully saturated rings. The molecule has 274 valence electrons. The van der Waals surface area contributed by atoms with E-state index in [-0.39, 0.29) is 28.3 Å². The highest BCUT2D eigenvalue weighted by molar-refractivity contribution is 6.38. The van der Waals surface area contributed by atoms with Gasteiger partial charge in [0.1, 0.15) is 29.2 Å². The largest absolute Gasteiger partial charge is 0.495 e. The zero-order valence-electron chi connectivity index (χ0n) is 29.8. The number of halogens is 2. The molecule has 2 aromatic carbocycles. The van der Waals surface area contributed by atoms with Crippen molar-refractivity contribution < 1.29 is 28.6 Å². The van der Waals surface area contributed by atoms with Crippen molar-refractivity contribution in [3.63, 3.8) is 0 Å². The summed E-state index contributed by atoms with van der Waals surface area (Å²) in [4.78, 5) is 52.5. The third-order valence-electron chi connectivity index (χ3n) is 8.16. The number of methoxy groups -OCH3 is 2. The van der Waals surface area contributed by atoms with Gasteiger partial charge in [-0.3, -0.25) is 19.4 Å². The zero-order valence-corrected chi connectivity index (χ0v) is 31.4. The average Bonchev–Trinajstić information content (AvgIpc) is 3.10. The molecular formula is C36H45Cl2N7O6. The number of piperazine rings is 1. The van der Waals surface area contributed by atoms with Gasteiger partial charge in [-0.15, -0.1) is 0 Å². The highest BCUT2D eigenvalue weighted by atomic mass is 35.5. The Morgan fingerprint density at radius 2 is 1.67 bits per heavy atom. The second kappa shape index (κ2) is 17.6. The van der Waals surface area contributed by atoms with E-state index >= 15 is 0 Å². The Balaban J connectivity index is 1.44. The molecule has 2 heterocycles. The quantitative estimate of drug-likeness (QED) is 0.220. The number of nitrogens with one attached hydrogen (secondary N) is 2. The fraction of sp³-hybridized carbons (Fsp3) is 0.417. The lowest BCUT2D eigenvalue weighted by molar-refractivity contribution is -0.117. The van der Waals surface area contributed by atoms with Crippen LogP contribution in [-0.2, 0) is 27.2 Å². The van der Waals surface area contributed by atoms with E-state index in [1.54, 1.807) is 19.2 Å². The molecule has 1 aliphatic heterocycles. The van der Waals surface area contributed by atoms with Crippen molar-refractivity contribution in [1.29, 1.82) is 0 Å². The minimum absolute atomic E-state index is 0.127. The van der Waals surface area contributed by atoms with Crippen LogP contribution in [0.3, 0.4) is 0 Å². The van der Waals surface area contributed by atoms with E-state index < -0.39 is 11.7 Å². The molecule has 15 heteroatoms. The first-order valence-electron chi connectivity index (χ1n) is 16.4. The molecular weight excluding hydrogens is 697 g/mol. The molecule has 3 amide bonds. The lowest BCUT2D eigenvalue weighted by Gasteiger charge is -2.36. The van der Waals surface area contributed by atoms with Crippen LogP contribution in [0, 0.1) is 0 Å². The molecule has 0 spiro atoms. The number of likely N-dealkylation sites (N-methyl/N-ethyl adjacent to an activating group) is 1. The van der Waals surface area contributed by atoms with Crippen molar-refractivity contribution in [2.45, 2.75) is 39.2 Å². The summed E-state index contributed by atoms with van der Waals surface area (Å²) in [5.74, 6) is 0.395. The molecule has 51 heavy (non-hydrogen) atoms. The molecule has 0 saturated carbocycles. The molecule has 1 saturated heterocycles. The van der Waals surface area contributed by atoms with Crippen LogP contribution in [0.1, 0.15) is 37.6 Å². The van der Waals surface area contributed by atoms with Gasteiger partial charge in [-0.2, -0.15) is 0 Å². The predicted octanol–water partition coefficient (Wildman–Crippen LogP) is 5.37. The molecule has 0 atom stereocenters. The number of benzene rings is 2. The van der Waals surface area contributed by atoms with Gasteiger partial charge in [0.25, 0.3) is 0 Å². The van der Waals surface area contributed by atoms with Crippen LogP contribution in [0.15, 0.2) is 49.3 Å². The number of hydrogen-bond acceptors (Lipinski definition) is 10. The number of anilines is 3. The fourth-order valence-corrected chi connectivity index (χ4v) is 6.06. The number of carbonyl (C=O) groups is 3.